The number of carbonyl (C=O) groups excluding carboxylic acids is 2. The van der Waals surface area contributed by atoms with Crippen LogP contribution in [0.15, 0.2) is 72.7 Å². The Labute approximate surface area is 238 Å². The Kier molecular flexibility index (Phi) is 8.73. The number of halogens is 2. The van der Waals surface area contributed by atoms with E-state index in [1.54, 1.807) is 42.4 Å². The summed E-state index contributed by atoms with van der Waals surface area (Å²) in [6, 6.07) is 8.28. The lowest BCUT2D eigenvalue weighted by atomic mass is 9.95. The van der Waals surface area contributed by atoms with E-state index < -0.39 is 5.82 Å². The van der Waals surface area contributed by atoms with E-state index in [0.717, 1.165) is 29.3 Å². The number of fused-ring (bicyclic) bond motifs is 1. The Bertz CT molecular complexity index is 1530. The molecule has 7 nitrogen and oxygen atoms in total. The summed E-state index contributed by atoms with van der Waals surface area (Å²) >= 11 is 0. The number of ether oxygens (including phenoxy) is 1. The van der Waals surface area contributed by atoms with Crippen LogP contribution in [0.3, 0.4) is 0 Å². The molecule has 1 unspecified atom stereocenters. The number of aryl methyl sites for hydroxylation is 1. The van der Waals surface area contributed by atoms with Gasteiger partial charge in [-0.15, -0.1) is 0 Å². The smallest absolute Gasteiger partial charge is 0.256 e. The van der Waals surface area contributed by atoms with E-state index in [9.17, 15) is 14.0 Å². The van der Waals surface area contributed by atoms with Crippen LogP contribution in [0.2, 0.25) is 0 Å². The number of hydrogen-bond donors (Lipinski definition) is 1. The second-order valence-electron chi connectivity index (χ2n) is 10.6. The number of piperidine rings is 1. The first-order valence-corrected chi connectivity index (χ1v) is 13.9. The molecule has 2 amide bonds. The predicted molar refractivity (Wildman–Crippen MR) is 154 cm³/mol. The molecule has 0 saturated carbocycles. The summed E-state index contributed by atoms with van der Waals surface area (Å²) in [6.45, 7) is 4.60. The molecular formula is C32H34F2N4O3. The van der Waals surface area contributed by atoms with E-state index in [1.807, 2.05) is 23.9 Å². The third kappa shape index (κ3) is 6.46. The van der Waals surface area contributed by atoms with Crippen LogP contribution < -0.4 is 5.32 Å². The highest BCUT2D eigenvalue weighted by atomic mass is 19.1. The van der Waals surface area contributed by atoms with Gasteiger partial charge < -0.3 is 15.0 Å². The fourth-order valence-corrected chi connectivity index (χ4v) is 5.45. The standard InChI is InChI=1S/C32H34F2N4O3/c1-21-26(31(39)35-14-17-41-2)10-11-30-28(21)20-38(36-30)19-22-12-15-37(16-13-22)32(40)27-9-7-24(18-29(27)34)23-4-3-5-25(33)8-6-23/h3-11,18,20,22-23H,12-17,19H2,1-2H3,(H,35,39). The van der Waals surface area contributed by atoms with Crippen molar-refractivity contribution in [3.8, 4) is 0 Å². The minimum absolute atomic E-state index is 0.0500. The number of carbonyl (C=O) groups is 2. The van der Waals surface area contributed by atoms with Crippen LogP contribution in [0.5, 0.6) is 0 Å². The molecule has 1 aliphatic carbocycles. The van der Waals surface area contributed by atoms with Crippen LogP contribution in [0.25, 0.3) is 10.9 Å². The summed E-state index contributed by atoms with van der Waals surface area (Å²) < 4.78 is 35.4. The molecule has 2 heterocycles. The minimum Gasteiger partial charge on any atom is -0.383 e. The average molecular weight is 561 g/mol. The van der Waals surface area contributed by atoms with Gasteiger partial charge in [0, 0.05) is 56.4 Å². The number of likely N-dealkylation sites (tertiary alicyclic amines) is 1. The largest absolute Gasteiger partial charge is 0.383 e. The maximum absolute atomic E-state index is 15.0. The predicted octanol–water partition coefficient (Wildman–Crippen LogP) is 5.48. The fraction of sp³-hybridized carbons (Fsp3) is 0.344. The first kappa shape index (κ1) is 28.4. The molecule has 0 bridgehead atoms. The summed E-state index contributed by atoms with van der Waals surface area (Å²) in [5, 5.41) is 8.51. The molecule has 41 heavy (non-hydrogen) atoms. The van der Waals surface area contributed by atoms with Crippen LogP contribution >= 0.6 is 0 Å². The van der Waals surface area contributed by atoms with Crippen LogP contribution in [-0.4, -0.2) is 59.8 Å². The zero-order valence-electron chi connectivity index (χ0n) is 23.3. The minimum atomic E-state index is -0.570. The maximum atomic E-state index is 15.0. The lowest BCUT2D eigenvalue weighted by Gasteiger charge is -2.32. The molecule has 1 fully saturated rings. The molecule has 2 aliphatic rings. The van der Waals surface area contributed by atoms with E-state index in [-0.39, 0.29) is 29.1 Å². The van der Waals surface area contributed by atoms with Crippen LogP contribution in [0.4, 0.5) is 8.78 Å². The summed E-state index contributed by atoms with van der Waals surface area (Å²) in [5.74, 6) is -1.32. The Morgan fingerprint density at radius 1 is 1.10 bits per heavy atom. The van der Waals surface area contributed by atoms with Crippen molar-refractivity contribution in [1.29, 1.82) is 0 Å². The SMILES string of the molecule is COCCNC(=O)c1ccc2nn(CC3CCN(C(=O)c4ccc(C5C=CC=C(F)C=C5)cc4F)CC3)cc2c1C. The third-order valence-corrected chi connectivity index (χ3v) is 7.83. The molecule has 5 rings (SSSR count). The quantitative estimate of drug-likeness (QED) is 0.371. The molecule has 1 N–H and O–H groups in total. The molecule has 0 spiro atoms. The second kappa shape index (κ2) is 12.6. The topological polar surface area (TPSA) is 76.5 Å². The van der Waals surface area contributed by atoms with Gasteiger partial charge >= 0.3 is 0 Å². The summed E-state index contributed by atoms with van der Waals surface area (Å²) in [6.07, 6.45) is 11.3. The Balaban J connectivity index is 1.19. The van der Waals surface area contributed by atoms with Gasteiger partial charge in [0.15, 0.2) is 0 Å². The molecule has 9 heteroatoms. The average Bonchev–Trinajstić information content (AvgIpc) is 3.25. The van der Waals surface area contributed by atoms with E-state index >= 15 is 4.39 Å². The van der Waals surface area contributed by atoms with E-state index in [2.05, 4.69) is 5.32 Å². The molecule has 2 aromatic carbocycles. The van der Waals surface area contributed by atoms with Crippen molar-refractivity contribution in [2.75, 3.05) is 33.4 Å². The third-order valence-electron chi connectivity index (χ3n) is 7.83. The molecule has 3 aromatic rings. The lowest BCUT2D eigenvalue weighted by molar-refractivity contribution is 0.0676. The first-order chi connectivity index (χ1) is 19.8. The molecule has 214 valence electrons. The van der Waals surface area contributed by atoms with Crippen molar-refractivity contribution in [2.24, 2.45) is 5.92 Å². The fourth-order valence-electron chi connectivity index (χ4n) is 5.45. The second-order valence-corrected chi connectivity index (χ2v) is 10.6. The van der Waals surface area contributed by atoms with Crippen molar-refractivity contribution >= 4 is 22.7 Å². The van der Waals surface area contributed by atoms with Gasteiger partial charge in [-0.2, -0.15) is 5.10 Å². The van der Waals surface area contributed by atoms with Crippen molar-refractivity contribution in [1.82, 2.24) is 20.0 Å². The highest BCUT2D eigenvalue weighted by molar-refractivity contribution is 6.00. The van der Waals surface area contributed by atoms with Gasteiger partial charge in [-0.1, -0.05) is 24.3 Å². The molecular weight excluding hydrogens is 526 g/mol. The Morgan fingerprint density at radius 2 is 1.88 bits per heavy atom. The molecule has 1 aromatic heterocycles. The van der Waals surface area contributed by atoms with Crippen LogP contribution in [-0.2, 0) is 11.3 Å². The lowest BCUT2D eigenvalue weighted by Crippen LogP contribution is -2.39. The van der Waals surface area contributed by atoms with Gasteiger partial charge in [0.1, 0.15) is 11.6 Å². The normalized spacial score (nSPS) is 17.5. The molecule has 1 aliphatic heterocycles. The highest BCUT2D eigenvalue weighted by Gasteiger charge is 2.26. The Morgan fingerprint density at radius 3 is 2.63 bits per heavy atom. The van der Waals surface area contributed by atoms with E-state index in [1.165, 1.54) is 24.3 Å². The van der Waals surface area contributed by atoms with Crippen molar-refractivity contribution < 1.29 is 23.1 Å². The highest BCUT2D eigenvalue weighted by Crippen LogP contribution is 2.27. The number of rotatable bonds is 8. The van der Waals surface area contributed by atoms with Gasteiger partial charge in [-0.05, 0) is 73.2 Å². The number of benzene rings is 2. The van der Waals surface area contributed by atoms with Crippen LogP contribution in [0.1, 0.15) is 50.6 Å². The number of allylic oxidation sites excluding steroid dienone is 6. The number of hydrogen-bond acceptors (Lipinski definition) is 4. The number of nitrogens with zero attached hydrogens (tertiary/aromatic N) is 3. The first-order valence-electron chi connectivity index (χ1n) is 13.9. The zero-order valence-corrected chi connectivity index (χ0v) is 23.3. The monoisotopic (exact) mass is 560 g/mol. The summed E-state index contributed by atoms with van der Waals surface area (Å²) in [7, 11) is 1.59. The number of amides is 2. The van der Waals surface area contributed by atoms with Gasteiger partial charge in [-0.3, -0.25) is 14.3 Å². The van der Waals surface area contributed by atoms with Crippen LogP contribution in [0, 0.1) is 18.7 Å². The van der Waals surface area contributed by atoms with Gasteiger partial charge in [0.05, 0.1) is 17.7 Å². The van der Waals surface area contributed by atoms with Gasteiger partial charge in [0.2, 0.25) is 0 Å². The summed E-state index contributed by atoms with van der Waals surface area (Å²) in [5.41, 5.74) is 3.04. The number of aromatic nitrogens is 2. The van der Waals surface area contributed by atoms with E-state index in [0.29, 0.717) is 49.8 Å². The maximum Gasteiger partial charge on any atom is 0.256 e. The summed E-state index contributed by atoms with van der Waals surface area (Å²) in [4.78, 5) is 27.4. The molecule has 1 atom stereocenters. The van der Waals surface area contributed by atoms with Crippen molar-refractivity contribution in [2.45, 2.75) is 32.2 Å². The number of methoxy groups -OCH3 is 1. The Hall–Kier alpha value is -4.11. The van der Waals surface area contributed by atoms with Crippen molar-refractivity contribution in [3.63, 3.8) is 0 Å². The van der Waals surface area contributed by atoms with Crippen molar-refractivity contribution in [3.05, 3.63) is 101 Å². The zero-order chi connectivity index (χ0) is 28.9. The van der Waals surface area contributed by atoms with Gasteiger partial charge in [-0.25, -0.2) is 8.78 Å². The van der Waals surface area contributed by atoms with E-state index in [4.69, 9.17) is 9.84 Å². The van der Waals surface area contributed by atoms with Gasteiger partial charge in [0.25, 0.3) is 11.8 Å². The number of nitrogens with one attached hydrogen (secondary N) is 1. The molecule has 1 saturated heterocycles. The molecule has 0 radical (unpaired) electrons.